The van der Waals surface area contributed by atoms with Crippen LogP contribution >= 0.6 is 0 Å². The Morgan fingerprint density at radius 2 is 2.14 bits per heavy atom. The Labute approximate surface area is 83.4 Å². The van der Waals surface area contributed by atoms with E-state index in [1.54, 1.807) is 14.2 Å². The van der Waals surface area contributed by atoms with Gasteiger partial charge in [-0.15, -0.1) is 0 Å². The second kappa shape index (κ2) is 3.58. The summed E-state index contributed by atoms with van der Waals surface area (Å²) in [6, 6.07) is 0. The highest BCUT2D eigenvalue weighted by Gasteiger charge is 2.33. The first kappa shape index (κ1) is 9.46. The maximum absolute atomic E-state index is 11.6. The molecule has 3 heteroatoms. The van der Waals surface area contributed by atoms with Crippen molar-refractivity contribution in [1.82, 2.24) is 0 Å². The third-order valence-electron chi connectivity index (χ3n) is 2.88. The number of allylic oxidation sites excluding steroid dienone is 1. The van der Waals surface area contributed by atoms with Gasteiger partial charge in [0.15, 0.2) is 5.78 Å². The second-order valence-corrected chi connectivity index (χ2v) is 3.56. The van der Waals surface area contributed by atoms with Crippen molar-refractivity contribution in [3.8, 4) is 0 Å². The molecule has 0 fully saturated rings. The molecule has 0 N–H and O–H groups in total. The summed E-state index contributed by atoms with van der Waals surface area (Å²) >= 11 is 0. The molecule has 14 heavy (non-hydrogen) atoms. The first-order valence-corrected chi connectivity index (χ1v) is 4.81. The smallest absolute Gasteiger partial charge is 0.166 e. The van der Waals surface area contributed by atoms with E-state index in [2.05, 4.69) is 0 Å². The number of rotatable bonds is 2. The highest BCUT2D eigenvalue weighted by molar-refractivity contribution is 6.02. The van der Waals surface area contributed by atoms with Crippen molar-refractivity contribution in [3.05, 3.63) is 23.0 Å². The van der Waals surface area contributed by atoms with Gasteiger partial charge in [-0.25, -0.2) is 0 Å². The zero-order valence-corrected chi connectivity index (χ0v) is 8.50. The lowest BCUT2D eigenvalue weighted by molar-refractivity contribution is -0.115. The van der Waals surface area contributed by atoms with Gasteiger partial charge in [0.25, 0.3) is 0 Å². The van der Waals surface area contributed by atoms with E-state index in [4.69, 9.17) is 9.47 Å². The molecule has 0 amide bonds. The molecule has 0 saturated carbocycles. The average Bonchev–Trinajstić information content (AvgIpc) is 2.60. The number of carbonyl (C=O) groups excluding carboxylic acids is 1. The van der Waals surface area contributed by atoms with Crippen molar-refractivity contribution in [2.45, 2.75) is 25.4 Å². The maximum atomic E-state index is 11.6. The summed E-state index contributed by atoms with van der Waals surface area (Å²) in [6.07, 6.45) is 4.26. The van der Waals surface area contributed by atoms with E-state index >= 15 is 0 Å². The van der Waals surface area contributed by atoms with Crippen molar-refractivity contribution >= 4 is 5.78 Å². The maximum Gasteiger partial charge on any atom is 0.166 e. The highest BCUT2D eigenvalue weighted by atomic mass is 16.5. The third kappa shape index (κ3) is 1.28. The average molecular weight is 194 g/mol. The molecule has 3 nitrogen and oxygen atoms in total. The molecule has 0 aromatic rings. The molecular weight excluding hydrogens is 180 g/mol. The lowest BCUT2D eigenvalue weighted by atomic mass is 9.95. The topological polar surface area (TPSA) is 35.5 Å². The Morgan fingerprint density at radius 3 is 2.79 bits per heavy atom. The Hall–Kier alpha value is -1.09. The van der Waals surface area contributed by atoms with E-state index < -0.39 is 0 Å². The molecule has 0 aromatic carbocycles. The fourth-order valence-corrected chi connectivity index (χ4v) is 2.18. The largest absolute Gasteiger partial charge is 0.496 e. The Morgan fingerprint density at radius 1 is 1.36 bits per heavy atom. The number of hydrogen-bond acceptors (Lipinski definition) is 3. The van der Waals surface area contributed by atoms with Crippen molar-refractivity contribution in [3.63, 3.8) is 0 Å². The lowest BCUT2D eigenvalue weighted by Crippen LogP contribution is -2.18. The SMILES string of the molecule is COC1=CCC(OC)C2=C1C(=O)CC2. The van der Waals surface area contributed by atoms with Gasteiger partial charge in [0.2, 0.25) is 0 Å². The van der Waals surface area contributed by atoms with Gasteiger partial charge in [-0.05, 0) is 24.5 Å². The molecule has 1 atom stereocenters. The first-order valence-electron chi connectivity index (χ1n) is 4.81. The first-order chi connectivity index (χ1) is 6.77. The molecule has 0 aromatic heterocycles. The van der Waals surface area contributed by atoms with E-state index in [9.17, 15) is 4.79 Å². The van der Waals surface area contributed by atoms with Gasteiger partial charge >= 0.3 is 0 Å². The number of ketones is 1. The molecule has 1 unspecified atom stereocenters. The molecule has 0 saturated heterocycles. The van der Waals surface area contributed by atoms with Crippen LogP contribution in [0.3, 0.4) is 0 Å². The highest BCUT2D eigenvalue weighted by Crippen LogP contribution is 2.36. The minimum Gasteiger partial charge on any atom is -0.496 e. The zero-order chi connectivity index (χ0) is 10.1. The third-order valence-corrected chi connectivity index (χ3v) is 2.88. The summed E-state index contributed by atoms with van der Waals surface area (Å²) in [5.41, 5.74) is 1.89. The van der Waals surface area contributed by atoms with Gasteiger partial charge in [0, 0.05) is 13.5 Å². The van der Waals surface area contributed by atoms with Gasteiger partial charge in [0.1, 0.15) is 5.76 Å². The summed E-state index contributed by atoms with van der Waals surface area (Å²) in [5.74, 6) is 0.922. The summed E-state index contributed by atoms with van der Waals surface area (Å²) in [4.78, 5) is 11.6. The van der Waals surface area contributed by atoms with Gasteiger partial charge in [0.05, 0.1) is 18.8 Å². The van der Waals surface area contributed by atoms with Gasteiger partial charge in [-0.1, -0.05) is 0 Å². The number of hydrogen-bond donors (Lipinski definition) is 0. The van der Waals surface area contributed by atoms with Crippen molar-refractivity contribution < 1.29 is 14.3 Å². The second-order valence-electron chi connectivity index (χ2n) is 3.56. The van der Waals surface area contributed by atoms with E-state index in [0.29, 0.717) is 6.42 Å². The molecule has 0 spiro atoms. The molecule has 2 rings (SSSR count). The summed E-state index contributed by atoms with van der Waals surface area (Å²) < 4.78 is 10.5. The van der Waals surface area contributed by atoms with Crippen LogP contribution in [0.4, 0.5) is 0 Å². The van der Waals surface area contributed by atoms with Crippen LogP contribution in [0.1, 0.15) is 19.3 Å². The van der Waals surface area contributed by atoms with Crippen LogP contribution in [-0.4, -0.2) is 26.1 Å². The normalized spacial score (nSPS) is 26.3. The van der Waals surface area contributed by atoms with Gasteiger partial charge in [-0.2, -0.15) is 0 Å². The lowest BCUT2D eigenvalue weighted by Gasteiger charge is -2.22. The predicted octanol–water partition coefficient (Wildman–Crippen LogP) is 1.59. The molecule has 2 aliphatic rings. The predicted molar refractivity (Wildman–Crippen MR) is 51.8 cm³/mol. The summed E-state index contributed by atoms with van der Waals surface area (Å²) in [5, 5.41) is 0. The van der Waals surface area contributed by atoms with Crippen LogP contribution in [0.5, 0.6) is 0 Å². The van der Waals surface area contributed by atoms with E-state index in [1.165, 1.54) is 0 Å². The molecule has 2 aliphatic carbocycles. The van der Waals surface area contributed by atoms with Crippen LogP contribution in [0.25, 0.3) is 0 Å². The van der Waals surface area contributed by atoms with Crippen molar-refractivity contribution in [2.75, 3.05) is 14.2 Å². The van der Waals surface area contributed by atoms with Gasteiger partial charge < -0.3 is 9.47 Å². The number of Topliss-reactive ketones (excluding diaryl/α,β-unsaturated/α-hetero) is 1. The minimum atomic E-state index is 0.0790. The zero-order valence-electron chi connectivity index (χ0n) is 8.50. The Kier molecular flexibility index (Phi) is 2.42. The van der Waals surface area contributed by atoms with Crippen LogP contribution < -0.4 is 0 Å². The molecule has 0 heterocycles. The van der Waals surface area contributed by atoms with Crippen molar-refractivity contribution in [1.29, 1.82) is 0 Å². The summed E-state index contributed by atoms with van der Waals surface area (Å²) in [7, 11) is 3.29. The quantitative estimate of drug-likeness (QED) is 0.669. The van der Waals surface area contributed by atoms with E-state index in [-0.39, 0.29) is 11.9 Å². The standard InChI is InChI=1S/C11H14O3/c1-13-9-5-6-10(14-2)11-7(9)3-4-8(11)12/h6,9H,3-5H2,1-2H3. The van der Waals surface area contributed by atoms with Crippen LogP contribution in [0.2, 0.25) is 0 Å². The summed E-state index contributed by atoms with van der Waals surface area (Å²) in [6.45, 7) is 0. The fraction of sp³-hybridized carbons (Fsp3) is 0.545. The molecule has 0 radical (unpaired) electrons. The van der Waals surface area contributed by atoms with Crippen molar-refractivity contribution in [2.24, 2.45) is 0 Å². The molecule has 0 bridgehead atoms. The Balaban J connectivity index is 2.38. The Bertz CT molecular complexity index is 325. The van der Waals surface area contributed by atoms with Crippen LogP contribution in [0, 0.1) is 0 Å². The number of carbonyl (C=O) groups is 1. The molecule has 0 aliphatic heterocycles. The number of methoxy groups -OCH3 is 2. The molecular formula is C11H14O3. The number of ether oxygens (including phenoxy) is 2. The van der Waals surface area contributed by atoms with Gasteiger partial charge in [-0.3, -0.25) is 4.79 Å². The van der Waals surface area contributed by atoms with E-state index in [0.717, 1.165) is 29.7 Å². The van der Waals surface area contributed by atoms with E-state index in [1.807, 2.05) is 6.08 Å². The fourth-order valence-electron chi connectivity index (χ4n) is 2.18. The van der Waals surface area contributed by atoms with Crippen LogP contribution in [-0.2, 0) is 14.3 Å². The van der Waals surface area contributed by atoms with Crippen LogP contribution in [0.15, 0.2) is 23.0 Å². The molecule has 76 valence electrons. The monoisotopic (exact) mass is 194 g/mol. The minimum absolute atomic E-state index is 0.0790.